The number of esters is 1. The van der Waals surface area contributed by atoms with Crippen molar-refractivity contribution in [3.63, 3.8) is 0 Å². The normalized spacial score (nSPS) is 10.0. The maximum absolute atomic E-state index is 11.9. The van der Waals surface area contributed by atoms with Crippen LogP contribution in [0.5, 0.6) is 0 Å². The van der Waals surface area contributed by atoms with Crippen LogP contribution in [0.4, 0.5) is 11.4 Å². The van der Waals surface area contributed by atoms with E-state index in [4.69, 9.17) is 4.74 Å². The summed E-state index contributed by atoms with van der Waals surface area (Å²) in [6.07, 6.45) is 1.16. The Bertz CT molecular complexity index is 750. The second kappa shape index (κ2) is 7.11. The molecule has 23 heavy (non-hydrogen) atoms. The van der Waals surface area contributed by atoms with Crippen LogP contribution in [-0.2, 0) is 9.53 Å². The Morgan fingerprint density at radius 2 is 2.04 bits per heavy atom. The Morgan fingerprint density at radius 3 is 2.65 bits per heavy atom. The zero-order chi connectivity index (χ0) is 17.0. The summed E-state index contributed by atoms with van der Waals surface area (Å²) in [5.74, 6) is -0.856. The van der Waals surface area contributed by atoms with Crippen LogP contribution in [0, 0.1) is 0 Å². The van der Waals surface area contributed by atoms with E-state index in [1.165, 1.54) is 18.4 Å². The SMILES string of the molecule is C=CC(=O)Nc1cc(-c2cccc(N(C)C)c2)sc1C(=O)OC. The van der Waals surface area contributed by atoms with E-state index in [2.05, 4.69) is 11.9 Å². The van der Waals surface area contributed by atoms with Crippen molar-refractivity contribution in [2.45, 2.75) is 0 Å². The molecule has 0 spiro atoms. The fraction of sp³-hybridized carbons (Fsp3) is 0.176. The quantitative estimate of drug-likeness (QED) is 0.674. The summed E-state index contributed by atoms with van der Waals surface area (Å²) in [6.45, 7) is 3.42. The Hall–Kier alpha value is -2.60. The van der Waals surface area contributed by atoms with Crippen molar-refractivity contribution >= 4 is 34.6 Å². The summed E-state index contributed by atoms with van der Waals surface area (Å²) >= 11 is 1.28. The van der Waals surface area contributed by atoms with Gasteiger partial charge in [-0.05, 0) is 29.8 Å². The molecule has 1 aromatic carbocycles. The Kier molecular flexibility index (Phi) is 5.18. The Balaban J connectivity index is 2.47. The van der Waals surface area contributed by atoms with Crippen molar-refractivity contribution in [1.82, 2.24) is 0 Å². The van der Waals surface area contributed by atoms with Crippen molar-refractivity contribution in [2.75, 3.05) is 31.4 Å². The van der Waals surface area contributed by atoms with Crippen LogP contribution in [0.25, 0.3) is 10.4 Å². The van der Waals surface area contributed by atoms with E-state index in [0.717, 1.165) is 22.2 Å². The molecule has 0 fully saturated rings. The molecule has 0 saturated heterocycles. The maximum Gasteiger partial charge on any atom is 0.350 e. The van der Waals surface area contributed by atoms with Gasteiger partial charge in [-0.1, -0.05) is 18.7 Å². The maximum atomic E-state index is 11.9. The number of anilines is 2. The lowest BCUT2D eigenvalue weighted by atomic mass is 10.1. The molecule has 0 radical (unpaired) electrons. The van der Waals surface area contributed by atoms with Gasteiger partial charge < -0.3 is 15.0 Å². The monoisotopic (exact) mass is 330 g/mol. The minimum atomic E-state index is -0.482. The van der Waals surface area contributed by atoms with Gasteiger partial charge in [0.1, 0.15) is 4.88 Å². The molecule has 0 unspecified atom stereocenters. The number of ether oxygens (including phenoxy) is 1. The first-order valence-electron chi connectivity index (χ1n) is 6.89. The topological polar surface area (TPSA) is 58.6 Å². The van der Waals surface area contributed by atoms with E-state index < -0.39 is 5.97 Å². The molecule has 0 aliphatic rings. The molecule has 6 heteroatoms. The van der Waals surface area contributed by atoms with Crippen LogP contribution in [0.3, 0.4) is 0 Å². The van der Waals surface area contributed by atoms with E-state index in [0.29, 0.717) is 10.6 Å². The molecular weight excluding hydrogens is 312 g/mol. The second-order valence-electron chi connectivity index (χ2n) is 4.98. The van der Waals surface area contributed by atoms with Crippen molar-refractivity contribution in [2.24, 2.45) is 0 Å². The average Bonchev–Trinajstić information content (AvgIpc) is 2.97. The lowest BCUT2D eigenvalue weighted by molar-refractivity contribution is -0.111. The summed E-state index contributed by atoms with van der Waals surface area (Å²) in [7, 11) is 5.24. The van der Waals surface area contributed by atoms with Crippen LogP contribution in [-0.4, -0.2) is 33.1 Å². The smallest absolute Gasteiger partial charge is 0.350 e. The molecule has 0 aliphatic heterocycles. The summed E-state index contributed by atoms with van der Waals surface area (Å²) in [5, 5.41) is 2.65. The van der Waals surface area contributed by atoms with Crippen molar-refractivity contribution in [1.29, 1.82) is 0 Å². The lowest BCUT2D eigenvalue weighted by Crippen LogP contribution is -2.10. The molecule has 2 aromatic rings. The number of benzene rings is 1. The number of carbonyl (C=O) groups is 2. The highest BCUT2D eigenvalue weighted by Crippen LogP contribution is 2.36. The summed E-state index contributed by atoms with van der Waals surface area (Å²) in [5.41, 5.74) is 2.44. The van der Waals surface area contributed by atoms with Crippen LogP contribution in [0.2, 0.25) is 0 Å². The number of nitrogens with zero attached hydrogens (tertiary/aromatic N) is 1. The van der Waals surface area contributed by atoms with Gasteiger partial charge in [0.05, 0.1) is 12.8 Å². The molecule has 120 valence electrons. The molecule has 0 atom stereocenters. The number of methoxy groups -OCH3 is 1. The molecule has 0 aliphatic carbocycles. The van der Waals surface area contributed by atoms with Crippen LogP contribution < -0.4 is 10.2 Å². The average molecular weight is 330 g/mol. The molecule has 1 N–H and O–H groups in total. The lowest BCUT2D eigenvalue weighted by Gasteiger charge is -2.12. The van der Waals surface area contributed by atoms with Gasteiger partial charge in [0.2, 0.25) is 5.91 Å². The standard InChI is InChI=1S/C17H18N2O3S/c1-5-15(20)18-13-10-14(23-16(13)17(21)22-4)11-7-6-8-12(9-11)19(2)3/h5-10H,1H2,2-4H3,(H,18,20). The summed E-state index contributed by atoms with van der Waals surface area (Å²) in [4.78, 5) is 26.7. The van der Waals surface area contributed by atoms with Crippen LogP contribution in [0.1, 0.15) is 9.67 Å². The van der Waals surface area contributed by atoms with Gasteiger partial charge in [-0.15, -0.1) is 11.3 Å². The van der Waals surface area contributed by atoms with Crippen molar-refractivity contribution in [3.05, 3.63) is 47.9 Å². The predicted molar refractivity (Wildman–Crippen MR) is 94.2 cm³/mol. The third-order valence-electron chi connectivity index (χ3n) is 3.19. The van der Waals surface area contributed by atoms with E-state index >= 15 is 0 Å². The molecule has 1 amide bonds. The highest BCUT2D eigenvalue weighted by Gasteiger charge is 2.19. The van der Waals surface area contributed by atoms with Crippen LogP contribution >= 0.6 is 11.3 Å². The van der Waals surface area contributed by atoms with E-state index in [1.54, 1.807) is 6.07 Å². The van der Waals surface area contributed by atoms with E-state index in [-0.39, 0.29) is 5.91 Å². The van der Waals surface area contributed by atoms with Gasteiger partial charge >= 0.3 is 5.97 Å². The largest absolute Gasteiger partial charge is 0.465 e. The molecule has 0 bridgehead atoms. The first-order valence-corrected chi connectivity index (χ1v) is 7.71. The zero-order valence-corrected chi connectivity index (χ0v) is 14.1. The summed E-state index contributed by atoms with van der Waals surface area (Å²) in [6, 6.07) is 9.70. The van der Waals surface area contributed by atoms with Gasteiger partial charge in [0, 0.05) is 24.7 Å². The molecule has 5 nitrogen and oxygen atoms in total. The first-order chi connectivity index (χ1) is 11.0. The molecule has 1 heterocycles. The van der Waals surface area contributed by atoms with Gasteiger partial charge in [-0.2, -0.15) is 0 Å². The molecule has 2 rings (SSSR count). The number of amides is 1. The summed E-state index contributed by atoms with van der Waals surface area (Å²) < 4.78 is 4.79. The fourth-order valence-electron chi connectivity index (χ4n) is 1.99. The molecule has 0 saturated carbocycles. The minimum absolute atomic E-state index is 0.355. The first kappa shape index (κ1) is 16.8. The second-order valence-corrected chi connectivity index (χ2v) is 6.04. The van der Waals surface area contributed by atoms with Gasteiger partial charge in [0.25, 0.3) is 0 Å². The van der Waals surface area contributed by atoms with Crippen molar-refractivity contribution in [3.8, 4) is 10.4 Å². The van der Waals surface area contributed by atoms with E-state index in [1.807, 2.05) is 43.3 Å². The molecular formula is C17H18N2O3S. The van der Waals surface area contributed by atoms with Gasteiger partial charge in [0.15, 0.2) is 0 Å². The minimum Gasteiger partial charge on any atom is -0.465 e. The number of rotatable bonds is 5. The zero-order valence-electron chi connectivity index (χ0n) is 13.3. The van der Waals surface area contributed by atoms with Gasteiger partial charge in [-0.25, -0.2) is 4.79 Å². The van der Waals surface area contributed by atoms with E-state index in [9.17, 15) is 9.59 Å². The number of carbonyl (C=O) groups excluding carboxylic acids is 2. The third kappa shape index (κ3) is 3.78. The Labute approximate surface area is 139 Å². The fourth-order valence-corrected chi connectivity index (χ4v) is 3.02. The van der Waals surface area contributed by atoms with Gasteiger partial charge in [-0.3, -0.25) is 4.79 Å². The third-order valence-corrected chi connectivity index (χ3v) is 4.36. The number of hydrogen-bond donors (Lipinski definition) is 1. The van der Waals surface area contributed by atoms with Crippen molar-refractivity contribution < 1.29 is 14.3 Å². The predicted octanol–water partition coefficient (Wildman–Crippen LogP) is 3.39. The number of hydrogen-bond acceptors (Lipinski definition) is 5. The highest BCUT2D eigenvalue weighted by molar-refractivity contribution is 7.18. The number of thiophene rings is 1. The Morgan fingerprint density at radius 1 is 1.30 bits per heavy atom. The number of nitrogens with one attached hydrogen (secondary N) is 1. The highest BCUT2D eigenvalue weighted by atomic mass is 32.1. The van der Waals surface area contributed by atoms with Crippen LogP contribution in [0.15, 0.2) is 43.0 Å². The molecule has 1 aromatic heterocycles.